The van der Waals surface area contributed by atoms with Crippen LogP contribution in [0.25, 0.3) is 11.0 Å². The molecular weight excluding hydrogens is 366 g/mol. The van der Waals surface area contributed by atoms with Crippen LogP contribution in [0.5, 0.6) is 0 Å². The molecule has 1 N–H and O–H groups in total. The van der Waals surface area contributed by atoms with Crippen LogP contribution >= 0.6 is 11.8 Å². The Kier molecular flexibility index (Phi) is 4.41. The topological polar surface area (TPSA) is 42.2 Å². The van der Waals surface area contributed by atoms with Gasteiger partial charge < -0.3 is 9.73 Å². The summed E-state index contributed by atoms with van der Waals surface area (Å²) in [4.78, 5) is 14.3. The molecule has 1 amide bonds. The van der Waals surface area contributed by atoms with E-state index in [9.17, 15) is 4.79 Å². The van der Waals surface area contributed by atoms with Crippen molar-refractivity contribution in [3.8, 4) is 0 Å². The molecule has 1 aromatic heterocycles. The van der Waals surface area contributed by atoms with E-state index in [0.717, 1.165) is 28.7 Å². The van der Waals surface area contributed by atoms with Gasteiger partial charge >= 0.3 is 0 Å². The number of carbonyl (C=O) groups excluding carboxylic acids is 1. The molecule has 3 nitrogen and oxygen atoms in total. The molecule has 0 radical (unpaired) electrons. The van der Waals surface area contributed by atoms with E-state index in [1.807, 2.05) is 72.8 Å². The number of thioether (sulfide) groups is 1. The van der Waals surface area contributed by atoms with Crippen LogP contribution in [0.4, 0.5) is 0 Å². The summed E-state index contributed by atoms with van der Waals surface area (Å²) < 4.78 is 6.09. The van der Waals surface area contributed by atoms with Crippen molar-refractivity contribution in [1.82, 2.24) is 5.32 Å². The van der Waals surface area contributed by atoms with E-state index in [1.54, 1.807) is 11.8 Å². The summed E-state index contributed by atoms with van der Waals surface area (Å²) in [6.45, 7) is 0. The Morgan fingerprint density at radius 2 is 1.71 bits per heavy atom. The van der Waals surface area contributed by atoms with Gasteiger partial charge in [0.15, 0.2) is 0 Å². The standard InChI is InChI=1S/C24H19NO2S/c26-24(22-15-18-11-5-7-13-21(18)28-22)25-23(16-8-2-1-3-9-16)20-14-17-10-4-6-12-19(17)27-20/h1-14,22-23H,15H2,(H,25,26)/t22-,23-/m0/s1. The number of para-hydroxylation sites is 1. The molecule has 2 heterocycles. The molecule has 0 saturated heterocycles. The van der Waals surface area contributed by atoms with Gasteiger partial charge in [0.1, 0.15) is 17.4 Å². The van der Waals surface area contributed by atoms with E-state index >= 15 is 0 Å². The second-order valence-corrected chi connectivity index (χ2v) is 8.20. The molecule has 1 aliphatic rings. The van der Waals surface area contributed by atoms with Gasteiger partial charge in [0, 0.05) is 10.3 Å². The number of amides is 1. The van der Waals surface area contributed by atoms with Crippen molar-refractivity contribution < 1.29 is 9.21 Å². The van der Waals surface area contributed by atoms with Crippen LogP contribution in [-0.4, -0.2) is 11.2 Å². The van der Waals surface area contributed by atoms with Crippen molar-refractivity contribution in [2.24, 2.45) is 0 Å². The van der Waals surface area contributed by atoms with Gasteiger partial charge in [-0.15, -0.1) is 11.8 Å². The number of rotatable bonds is 4. The number of fused-ring (bicyclic) bond motifs is 2. The molecule has 0 spiro atoms. The Bertz CT molecular complexity index is 1080. The molecule has 4 heteroatoms. The van der Waals surface area contributed by atoms with E-state index < -0.39 is 0 Å². The second-order valence-electron chi connectivity index (χ2n) is 6.96. The van der Waals surface area contributed by atoms with Crippen LogP contribution < -0.4 is 5.32 Å². The largest absolute Gasteiger partial charge is 0.459 e. The van der Waals surface area contributed by atoms with Crippen LogP contribution in [-0.2, 0) is 11.2 Å². The minimum atomic E-state index is -0.314. The number of nitrogens with one attached hydrogen (secondary N) is 1. The van der Waals surface area contributed by atoms with Gasteiger partial charge in [0.05, 0.1) is 5.25 Å². The summed E-state index contributed by atoms with van der Waals surface area (Å²) in [6, 6.07) is 27.8. The smallest absolute Gasteiger partial charge is 0.234 e. The highest BCUT2D eigenvalue weighted by Crippen LogP contribution is 2.37. The van der Waals surface area contributed by atoms with Crippen LogP contribution in [0.1, 0.15) is 22.9 Å². The fraction of sp³-hybridized carbons (Fsp3) is 0.125. The Labute approximate surface area is 167 Å². The van der Waals surface area contributed by atoms with E-state index in [2.05, 4.69) is 17.4 Å². The Morgan fingerprint density at radius 3 is 2.54 bits per heavy atom. The zero-order valence-electron chi connectivity index (χ0n) is 15.2. The summed E-state index contributed by atoms with van der Waals surface area (Å²) in [6.07, 6.45) is 0.758. The third-order valence-corrected chi connectivity index (χ3v) is 6.41. The minimum absolute atomic E-state index is 0.0375. The van der Waals surface area contributed by atoms with Crippen molar-refractivity contribution in [2.75, 3.05) is 0 Å². The predicted molar refractivity (Wildman–Crippen MR) is 112 cm³/mol. The average Bonchev–Trinajstić information content (AvgIpc) is 3.36. The van der Waals surface area contributed by atoms with Crippen LogP contribution in [0, 0.1) is 0 Å². The molecule has 0 bridgehead atoms. The SMILES string of the molecule is O=C(N[C@@H](c1ccccc1)c1cc2ccccc2o1)[C@@H]1Cc2ccccc2S1. The van der Waals surface area contributed by atoms with Crippen molar-refractivity contribution in [3.63, 3.8) is 0 Å². The van der Waals surface area contributed by atoms with Gasteiger partial charge in [-0.2, -0.15) is 0 Å². The van der Waals surface area contributed by atoms with Gasteiger partial charge in [-0.1, -0.05) is 66.7 Å². The van der Waals surface area contributed by atoms with Crippen LogP contribution in [0.2, 0.25) is 0 Å². The third-order valence-electron chi connectivity index (χ3n) is 5.09. The van der Waals surface area contributed by atoms with Crippen molar-refractivity contribution in [1.29, 1.82) is 0 Å². The monoisotopic (exact) mass is 385 g/mol. The lowest BCUT2D eigenvalue weighted by Gasteiger charge is -2.19. The Balaban J connectivity index is 1.45. The van der Waals surface area contributed by atoms with Gasteiger partial charge in [-0.3, -0.25) is 4.79 Å². The predicted octanol–water partition coefficient (Wildman–Crippen LogP) is 5.36. The fourth-order valence-electron chi connectivity index (χ4n) is 3.67. The number of hydrogen-bond donors (Lipinski definition) is 1. The van der Waals surface area contributed by atoms with Gasteiger partial charge in [0.2, 0.25) is 5.91 Å². The zero-order valence-corrected chi connectivity index (χ0v) is 16.0. The number of furan rings is 1. The van der Waals surface area contributed by atoms with E-state index in [4.69, 9.17) is 4.42 Å². The fourth-order valence-corrected chi connectivity index (χ4v) is 4.88. The van der Waals surface area contributed by atoms with E-state index in [-0.39, 0.29) is 17.2 Å². The zero-order chi connectivity index (χ0) is 18.9. The quantitative estimate of drug-likeness (QED) is 0.514. The highest BCUT2D eigenvalue weighted by molar-refractivity contribution is 8.01. The number of benzene rings is 3. The first-order valence-electron chi connectivity index (χ1n) is 9.36. The molecule has 28 heavy (non-hydrogen) atoms. The van der Waals surface area contributed by atoms with Crippen LogP contribution in [0.3, 0.4) is 0 Å². The normalized spacial score (nSPS) is 16.6. The van der Waals surface area contributed by atoms with Crippen molar-refractivity contribution >= 4 is 28.6 Å². The number of hydrogen-bond acceptors (Lipinski definition) is 3. The maximum absolute atomic E-state index is 13.1. The maximum Gasteiger partial charge on any atom is 0.234 e. The maximum atomic E-state index is 13.1. The van der Waals surface area contributed by atoms with Gasteiger partial charge in [-0.25, -0.2) is 0 Å². The highest BCUT2D eigenvalue weighted by atomic mass is 32.2. The van der Waals surface area contributed by atoms with Crippen LogP contribution in [0.15, 0.2) is 94.2 Å². The lowest BCUT2D eigenvalue weighted by Crippen LogP contribution is -2.35. The minimum Gasteiger partial charge on any atom is -0.459 e. The summed E-state index contributed by atoms with van der Waals surface area (Å²) in [5, 5.41) is 4.15. The molecule has 0 fully saturated rings. The average molecular weight is 385 g/mol. The first-order valence-corrected chi connectivity index (χ1v) is 10.2. The molecule has 4 aromatic rings. The third kappa shape index (κ3) is 3.20. The lowest BCUT2D eigenvalue weighted by atomic mass is 10.0. The summed E-state index contributed by atoms with van der Waals surface area (Å²) in [5.74, 6) is 0.789. The summed E-state index contributed by atoms with van der Waals surface area (Å²) >= 11 is 1.64. The van der Waals surface area contributed by atoms with Gasteiger partial charge in [0.25, 0.3) is 0 Å². The molecule has 0 saturated carbocycles. The first kappa shape index (κ1) is 17.1. The Hall–Kier alpha value is -2.98. The molecule has 0 aliphatic carbocycles. The van der Waals surface area contributed by atoms with E-state index in [1.165, 1.54) is 10.5 Å². The molecule has 1 aliphatic heterocycles. The molecule has 3 aromatic carbocycles. The number of carbonyl (C=O) groups is 1. The molecular formula is C24H19NO2S. The Morgan fingerprint density at radius 1 is 0.964 bits per heavy atom. The first-order chi connectivity index (χ1) is 13.8. The second kappa shape index (κ2) is 7.21. The molecule has 0 unspecified atom stereocenters. The highest BCUT2D eigenvalue weighted by Gasteiger charge is 2.30. The van der Waals surface area contributed by atoms with Gasteiger partial charge in [-0.05, 0) is 35.7 Å². The lowest BCUT2D eigenvalue weighted by molar-refractivity contribution is -0.121. The molecule has 138 valence electrons. The molecule has 2 atom stereocenters. The van der Waals surface area contributed by atoms with Crippen molar-refractivity contribution in [2.45, 2.75) is 22.6 Å². The van der Waals surface area contributed by atoms with E-state index in [0.29, 0.717) is 0 Å². The van der Waals surface area contributed by atoms with Crippen molar-refractivity contribution in [3.05, 3.63) is 102 Å². The summed E-state index contributed by atoms with van der Waals surface area (Å²) in [7, 11) is 0. The molecule has 5 rings (SSSR count). The summed E-state index contributed by atoms with van der Waals surface area (Å²) in [5.41, 5.74) is 3.08.